The summed E-state index contributed by atoms with van der Waals surface area (Å²) in [5, 5.41) is 11.6. The molecule has 1 aliphatic rings. The second-order valence-electron chi connectivity index (χ2n) is 8.28. The maximum atomic E-state index is 12.8. The van der Waals surface area contributed by atoms with Crippen LogP contribution in [0.25, 0.3) is 22.6 Å². The average Bonchev–Trinajstić information content (AvgIpc) is 3.33. The van der Waals surface area contributed by atoms with Gasteiger partial charge in [-0.15, -0.1) is 10.2 Å². The fourth-order valence-corrected chi connectivity index (χ4v) is 4.31. The van der Waals surface area contributed by atoms with Crippen molar-refractivity contribution in [2.75, 3.05) is 5.32 Å². The smallest absolute Gasteiger partial charge is 0.325 e. The van der Waals surface area contributed by atoms with Crippen LogP contribution in [0.4, 0.5) is 5.69 Å². The molecule has 4 heterocycles. The van der Waals surface area contributed by atoms with Gasteiger partial charge in [-0.25, -0.2) is 9.78 Å². The first-order chi connectivity index (χ1) is 15.9. The van der Waals surface area contributed by atoms with E-state index in [4.69, 9.17) is 0 Å². The average molecular weight is 448 g/mol. The summed E-state index contributed by atoms with van der Waals surface area (Å²) in [5.41, 5.74) is 0.983. The highest BCUT2D eigenvalue weighted by molar-refractivity contribution is 5.92. The highest BCUT2D eigenvalue weighted by Crippen LogP contribution is 2.25. The van der Waals surface area contributed by atoms with E-state index in [-0.39, 0.29) is 23.6 Å². The van der Waals surface area contributed by atoms with Crippen LogP contribution < -0.4 is 16.6 Å². The Hall–Kier alpha value is -4.02. The third kappa shape index (κ3) is 3.65. The van der Waals surface area contributed by atoms with E-state index in [0.717, 1.165) is 47.6 Å². The molecular weight excluding hydrogens is 424 g/mol. The predicted molar refractivity (Wildman–Crippen MR) is 122 cm³/mol. The van der Waals surface area contributed by atoms with E-state index < -0.39 is 11.2 Å². The Morgan fingerprint density at radius 2 is 1.94 bits per heavy atom. The fraction of sp³-hybridized carbons (Fsp3) is 0.364. The van der Waals surface area contributed by atoms with Gasteiger partial charge in [0.25, 0.3) is 5.56 Å². The van der Waals surface area contributed by atoms with Gasteiger partial charge in [-0.3, -0.25) is 18.7 Å². The Kier molecular flexibility index (Phi) is 5.15. The number of rotatable bonds is 4. The van der Waals surface area contributed by atoms with Crippen LogP contribution in [0.15, 0.2) is 40.2 Å². The molecule has 0 saturated heterocycles. The normalized spacial score (nSPS) is 13.6. The molecule has 0 atom stereocenters. The Morgan fingerprint density at radius 1 is 1.09 bits per heavy atom. The van der Waals surface area contributed by atoms with Gasteiger partial charge in [0.1, 0.15) is 12.4 Å². The van der Waals surface area contributed by atoms with Gasteiger partial charge < -0.3 is 14.5 Å². The summed E-state index contributed by atoms with van der Waals surface area (Å²) < 4.78 is 5.90. The quantitative estimate of drug-likeness (QED) is 0.498. The Morgan fingerprint density at radius 3 is 2.79 bits per heavy atom. The van der Waals surface area contributed by atoms with Gasteiger partial charge in [0, 0.05) is 38.3 Å². The molecule has 4 aromatic rings. The van der Waals surface area contributed by atoms with Gasteiger partial charge >= 0.3 is 5.69 Å². The molecule has 33 heavy (non-hydrogen) atoms. The molecule has 5 rings (SSSR count). The van der Waals surface area contributed by atoms with Crippen molar-refractivity contribution >= 4 is 22.8 Å². The van der Waals surface area contributed by atoms with E-state index in [1.807, 2.05) is 18.2 Å². The Labute approximate surface area is 188 Å². The molecule has 0 aliphatic carbocycles. The number of anilines is 1. The van der Waals surface area contributed by atoms with Crippen LogP contribution in [0.5, 0.6) is 0 Å². The van der Waals surface area contributed by atoms with Crippen LogP contribution in [0, 0.1) is 0 Å². The summed E-state index contributed by atoms with van der Waals surface area (Å²) in [6, 6.07) is 7.48. The number of carbonyl (C=O) groups excluding carboxylic acids is 1. The SMILES string of the molecule is Cn1c(=O)c2c(ncn2CC(=O)Nc2cccc(-c3nnc4n3CCCCC4)c2)n(C)c1=O. The van der Waals surface area contributed by atoms with Gasteiger partial charge in [-0.05, 0) is 25.0 Å². The number of carbonyl (C=O) groups is 1. The van der Waals surface area contributed by atoms with E-state index in [9.17, 15) is 14.4 Å². The zero-order chi connectivity index (χ0) is 23.1. The number of nitrogens with one attached hydrogen (secondary N) is 1. The van der Waals surface area contributed by atoms with Crippen LogP contribution in [0.1, 0.15) is 25.1 Å². The van der Waals surface area contributed by atoms with Gasteiger partial charge in [0.15, 0.2) is 17.0 Å². The topological polar surface area (TPSA) is 122 Å². The molecular formula is C22H24N8O3. The maximum Gasteiger partial charge on any atom is 0.332 e. The van der Waals surface area contributed by atoms with E-state index in [1.165, 1.54) is 36.0 Å². The number of amides is 1. The molecule has 1 N–H and O–H groups in total. The third-order valence-electron chi connectivity index (χ3n) is 6.05. The number of benzene rings is 1. The van der Waals surface area contributed by atoms with Crippen molar-refractivity contribution in [2.24, 2.45) is 14.1 Å². The second kappa shape index (κ2) is 8.15. The van der Waals surface area contributed by atoms with Crippen molar-refractivity contribution in [3.8, 4) is 11.4 Å². The summed E-state index contributed by atoms with van der Waals surface area (Å²) in [5.74, 6) is 1.48. The molecule has 11 heteroatoms. The number of aromatic nitrogens is 7. The number of imidazole rings is 1. The molecule has 0 radical (unpaired) electrons. The molecule has 0 bridgehead atoms. The largest absolute Gasteiger partial charge is 0.332 e. The number of hydrogen-bond acceptors (Lipinski definition) is 6. The molecule has 170 valence electrons. The lowest BCUT2D eigenvalue weighted by Gasteiger charge is -2.10. The van der Waals surface area contributed by atoms with Crippen molar-refractivity contribution in [2.45, 2.75) is 38.8 Å². The summed E-state index contributed by atoms with van der Waals surface area (Å²) in [6.45, 7) is 0.772. The summed E-state index contributed by atoms with van der Waals surface area (Å²) in [7, 11) is 2.94. The van der Waals surface area contributed by atoms with Crippen LogP contribution in [0.3, 0.4) is 0 Å². The molecule has 1 amide bonds. The zero-order valence-electron chi connectivity index (χ0n) is 18.5. The maximum absolute atomic E-state index is 12.8. The van der Waals surface area contributed by atoms with Gasteiger partial charge in [-0.1, -0.05) is 18.6 Å². The van der Waals surface area contributed by atoms with Crippen LogP contribution in [-0.4, -0.2) is 39.4 Å². The zero-order valence-corrected chi connectivity index (χ0v) is 18.5. The van der Waals surface area contributed by atoms with Crippen LogP contribution >= 0.6 is 0 Å². The second-order valence-corrected chi connectivity index (χ2v) is 8.28. The minimum absolute atomic E-state index is 0.117. The van der Waals surface area contributed by atoms with Crippen molar-refractivity contribution in [1.82, 2.24) is 33.4 Å². The van der Waals surface area contributed by atoms with E-state index in [1.54, 1.807) is 6.07 Å². The van der Waals surface area contributed by atoms with E-state index in [0.29, 0.717) is 5.69 Å². The number of nitrogens with zero attached hydrogens (tertiary/aromatic N) is 7. The molecule has 0 saturated carbocycles. The molecule has 11 nitrogen and oxygen atoms in total. The first-order valence-electron chi connectivity index (χ1n) is 10.9. The molecule has 1 aliphatic heterocycles. The van der Waals surface area contributed by atoms with Crippen LogP contribution in [0.2, 0.25) is 0 Å². The van der Waals surface area contributed by atoms with E-state index in [2.05, 4.69) is 25.1 Å². The Bertz CT molecular complexity index is 1490. The highest BCUT2D eigenvalue weighted by Gasteiger charge is 2.18. The number of hydrogen-bond donors (Lipinski definition) is 1. The lowest BCUT2D eigenvalue weighted by molar-refractivity contribution is -0.116. The third-order valence-corrected chi connectivity index (χ3v) is 6.05. The highest BCUT2D eigenvalue weighted by atomic mass is 16.2. The fourth-order valence-electron chi connectivity index (χ4n) is 4.31. The molecule has 1 aromatic carbocycles. The predicted octanol–water partition coefficient (Wildman–Crippen LogP) is 1.06. The molecule has 0 unspecified atom stereocenters. The lowest BCUT2D eigenvalue weighted by atomic mass is 10.2. The van der Waals surface area contributed by atoms with Crippen LogP contribution in [-0.2, 0) is 38.4 Å². The molecule has 3 aromatic heterocycles. The summed E-state index contributed by atoms with van der Waals surface area (Å²) in [6.07, 6.45) is 5.71. The van der Waals surface area contributed by atoms with Crippen molar-refractivity contribution < 1.29 is 4.79 Å². The van der Waals surface area contributed by atoms with Crippen molar-refractivity contribution in [1.29, 1.82) is 0 Å². The minimum atomic E-state index is -0.493. The first-order valence-corrected chi connectivity index (χ1v) is 10.9. The lowest BCUT2D eigenvalue weighted by Crippen LogP contribution is -2.37. The summed E-state index contributed by atoms with van der Waals surface area (Å²) >= 11 is 0. The van der Waals surface area contributed by atoms with Gasteiger partial charge in [-0.2, -0.15) is 0 Å². The number of aryl methyl sites for hydroxylation is 2. The Balaban J connectivity index is 1.40. The van der Waals surface area contributed by atoms with Crippen molar-refractivity contribution in [3.63, 3.8) is 0 Å². The summed E-state index contributed by atoms with van der Waals surface area (Å²) in [4.78, 5) is 41.6. The van der Waals surface area contributed by atoms with E-state index >= 15 is 0 Å². The monoisotopic (exact) mass is 448 g/mol. The molecule has 0 spiro atoms. The molecule has 0 fully saturated rings. The van der Waals surface area contributed by atoms with Crippen molar-refractivity contribution in [3.05, 3.63) is 57.3 Å². The van der Waals surface area contributed by atoms with Gasteiger partial charge in [0.2, 0.25) is 5.91 Å². The van der Waals surface area contributed by atoms with Gasteiger partial charge in [0.05, 0.1) is 6.33 Å². The first kappa shape index (κ1) is 20.9. The standard InChI is InChI=1S/C22H24N8O3/c1-27-20-18(21(32)28(2)22(27)33)29(13-23-20)12-17(31)24-15-8-6-7-14(11-15)19-26-25-16-9-4-3-5-10-30(16)19/h6-8,11,13H,3-5,9-10,12H2,1-2H3,(H,24,31). The minimum Gasteiger partial charge on any atom is -0.325 e. The number of fused-ring (bicyclic) bond motifs is 2.